The van der Waals surface area contributed by atoms with Gasteiger partial charge in [0, 0.05) is 12.3 Å². The number of hydrogen-bond acceptors (Lipinski definition) is 5. The lowest BCUT2D eigenvalue weighted by Gasteiger charge is -1.95. The summed E-state index contributed by atoms with van der Waals surface area (Å²) in [4.78, 5) is 10.3. The average molecular weight is 243 g/mol. The number of nitro groups is 1. The smallest absolute Gasteiger partial charge is 0.258 e. The molecule has 0 atom stereocenters. The molecule has 0 N–H and O–H groups in total. The van der Waals surface area contributed by atoms with E-state index in [-0.39, 0.29) is 5.69 Å². The lowest BCUT2D eigenvalue weighted by Crippen LogP contribution is -1.90. The maximum Gasteiger partial charge on any atom is 0.276 e. The molecule has 0 bridgehead atoms. The van der Waals surface area contributed by atoms with Gasteiger partial charge in [0.15, 0.2) is 0 Å². The van der Waals surface area contributed by atoms with Gasteiger partial charge in [-0.1, -0.05) is 12.1 Å². The molecule has 7 nitrogen and oxygen atoms in total. The van der Waals surface area contributed by atoms with Gasteiger partial charge in [0.1, 0.15) is 12.7 Å². The molecule has 0 amide bonds. The minimum absolute atomic E-state index is 0.0615. The highest BCUT2D eigenvalue weighted by molar-refractivity contribution is 5.79. The summed E-state index contributed by atoms with van der Waals surface area (Å²) in [6, 6.07) is 6.49. The van der Waals surface area contributed by atoms with Crippen LogP contribution in [0.5, 0.6) is 0 Å². The second-order valence-electron chi connectivity index (χ2n) is 3.28. The van der Waals surface area contributed by atoms with Gasteiger partial charge in [-0.15, -0.1) is 10.2 Å². The van der Waals surface area contributed by atoms with Crippen LogP contribution in [0.15, 0.2) is 48.1 Å². The topological polar surface area (TPSA) is 86.2 Å². The molecule has 7 heteroatoms. The highest BCUT2D eigenvalue weighted by Crippen LogP contribution is 2.18. The van der Waals surface area contributed by atoms with Crippen LogP contribution >= 0.6 is 0 Å². The number of para-hydroxylation sites is 1. The molecule has 0 fully saturated rings. The van der Waals surface area contributed by atoms with Gasteiger partial charge in [-0.05, 0) is 18.2 Å². The summed E-state index contributed by atoms with van der Waals surface area (Å²) in [5.74, 6) is 0. The molecule has 0 radical (unpaired) electrons. The number of aromatic nitrogens is 3. The average Bonchev–Trinajstić information content (AvgIpc) is 2.88. The van der Waals surface area contributed by atoms with Crippen molar-refractivity contribution in [2.24, 2.45) is 5.10 Å². The maximum atomic E-state index is 10.8. The molecule has 90 valence electrons. The summed E-state index contributed by atoms with van der Waals surface area (Å²) in [6.07, 6.45) is 7.61. The predicted octanol–water partition coefficient (Wildman–Crippen LogP) is 1.73. The fraction of sp³-hybridized carbons (Fsp3) is 0. The summed E-state index contributed by atoms with van der Waals surface area (Å²) in [7, 11) is 0. The van der Waals surface area contributed by atoms with Crippen molar-refractivity contribution >= 4 is 18.0 Å². The minimum Gasteiger partial charge on any atom is -0.258 e. The molecule has 0 spiro atoms. The third kappa shape index (κ3) is 2.85. The van der Waals surface area contributed by atoms with E-state index in [1.54, 1.807) is 30.4 Å². The SMILES string of the molecule is O=[N+]([O-])c1ccccc1C=C/C=N/n1cnnc1. The Morgan fingerprint density at radius 2 is 2.00 bits per heavy atom. The van der Waals surface area contributed by atoms with Crippen LogP contribution in [0, 0.1) is 10.1 Å². The van der Waals surface area contributed by atoms with Gasteiger partial charge in [0.2, 0.25) is 0 Å². The monoisotopic (exact) mass is 243 g/mol. The number of nitro benzene ring substituents is 1. The molecule has 0 aliphatic carbocycles. The van der Waals surface area contributed by atoms with Gasteiger partial charge in [-0.25, -0.2) is 4.68 Å². The van der Waals surface area contributed by atoms with Crippen LogP contribution in [0.1, 0.15) is 5.56 Å². The first-order valence-electron chi connectivity index (χ1n) is 5.06. The quantitative estimate of drug-likeness (QED) is 0.465. The highest BCUT2D eigenvalue weighted by atomic mass is 16.6. The minimum atomic E-state index is -0.420. The van der Waals surface area contributed by atoms with Crippen molar-refractivity contribution in [1.82, 2.24) is 14.9 Å². The van der Waals surface area contributed by atoms with Crippen molar-refractivity contribution in [2.45, 2.75) is 0 Å². The van der Waals surface area contributed by atoms with Gasteiger partial charge in [0.25, 0.3) is 5.69 Å². The Morgan fingerprint density at radius 1 is 1.28 bits per heavy atom. The zero-order valence-corrected chi connectivity index (χ0v) is 9.25. The Kier molecular flexibility index (Phi) is 3.55. The van der Waals surface area contributed by atoms with Gasteiger partial charge in [0.05, 0.1) is 10.5 Å². The Hall–Kier alpha value is -2.83. The molecular formula is C11H9N5O2. The number of allylic oxidation sites excluding steroid dienone is 1. The predicted molar refractivity (Wildman–Crippen MR) is 66.0 cm³/mol. The zero-order valence-electron chi connectivity index (χ0n) is 9.25. The van der Waals surface area contributed by atoms with Crippen LogP contribution in [0.3, 0.4) is 0 Å². The van der Waals surface area contributed by atoms with Crippen molar-refractivity contribution in [1.29, 1.82) is 0 Å². The Bertz CT molecular complexity index is 589. The first-order chi connectivity index (χ1) is 8.77. The zero-order chi connectivity index (χ0) is 12.8. The second kappa shape index (κ2) is 5.48. The van der Waals surface area contributed by atoms with Crippen LogP contribution in [-0.2, 0) is 0 Å². The lowest BCUT2D eigenvalue weighted by molar-refractivity contribution is -0.385. The maximum absolute atomic E-state index is 10.8. The summed E-state index contributed by atoms with van der Waals surface area (Å²) >= 11 is 0. The number of hydrogen-bond donors (Lipinski definition) is 0. The second-order valence-corrected chi connectivity index (χ2v) is 3.28. The molecule has 1 aromatic heterocycles. The van der Waals surface area contributed by atoms with E-state index in [0.717, 1.165) is 0 Å². The molecule has 2 aromatic rings. The van der Waals surface area contributed by atoms with Gasteiger partial charge < -0.3 is 0 Å². The largest absolute Gasteiger partial charge is 0.276 e. The van der Waals surface area contributed by atoms with Gasteiger partial charge in [-0.3, -0.25) is 10.1 Å². The molecule has 18 heavy (non-hydrogen) atoms. The van der Waals surface area contributed by atoms with E-state index in [2.05, 4.69) is 15.3 Å². The molecule has 0 aliphatic heterocycles. The third-order valence-electron chi connectivity index (χ3n) is 2.10. The van der Waals surface area contributed by atoms with Crippen molar-refractivity contribution < 1.29 is 4.92 Å². The van der Waals surface area contributed by atoms with Crippen LogP contribution in [0.25, 0.3) is 6.08 Å². The van der Waals surface area contributed by atoms with E-state index in [4.69, 9.17) is 0 Å². The molecule has 0 aliphatic rings. The number of benzene rings is 1. The van der Waals surface area contributed by atoms with Gasteiger partial charge in [-0.2, -0.15) is 5.10 Å². The molecule has 0 saturated heterocycles. The normalized spacial score (nSPS) is 11.3. The van der Waals surface area contributed by atoms with E-state index in [0.29, 0.717) is 5.56 Å². The van der Waals surface area contributed by atoms with Crippen LogP contribution in [-0.4, -0.2) is 26.0 Å². The molecule has 0 unspecified atom stereocenters. The highest BCUT2D eigenvalue weighted by Gasteiger charge is 2.08. The summed E-state index contributed by atoms with van der Waals surface area (Å²) < 4.78 is 1.42. The van der Waals surface area contributed by atoms with Crippen molar-refractivity contribution in [3.05, 3.63) is 58.7 Å². The lowest BCUT2D eigenvalue weighted by atomic mass is 10.2. The van der Waals surface area contributed by atoms with Crippen LogP contribution in [0.2, 0.25) is 0 Å². The van der Waals surface area contributed by atoms with E-state index < -0.39 is 4.92 Å². The van der Waals surface area contributed by atoms with Gasteiger partial charge >= 0.3 is 0 Å². The molecule has 2 rings (SSSR count). The number of rotatable bonds is 4. The fourth-order valence-corrected chi connectivity index (χ4v) is 1.31. The summed E-state index contributed by atoms with van der Waals surface area (Å²) in [6.45, 7) is 0. The molecular weight excluding hydrogens is 234 g/mol. The summed E-state index contributed by atoms with van der Waals surface area (Å²) in [5, 5.41) is 21.9. The van der Waals surface area contributed by atoms with Crippen molar-refractivity contribution in [3.63, 3.8) is 0 Å². The Balaban J connectivity index is 2.12. The van der Waals surface area contributed by atoms with E-state index in [1.807, 2.05) is 0 Å². The van der Waals surface area contributed by atoms with E-state index in [9.17, 15) is 10.1 Å². The summed E-state index contributed by atoms with van der Waals surface area (Å²) in [5.41, 5.74) is 0.587. The van der Waals surface area contributed by atoms with Crippen molar-refractivity contribution in [2.75, 3.05) is 0 Å². The van der Waals surface area contributed by atoms with E-state index >= 15 is 0 Å². The molecule has 1 heterocycles. The first-order valence-corrected chi connectivity index (χ1v) is 5.06. The number of nitrogens with zero attached hydrogens (tertiary/aromatic N) is 5. The fourth-order valence-electron chi connectivity index (χ4n) is 1.31. The Labute approximate surface area is 102 Å². The van der Waals surface area contributed by atoms with E-state index in [1.165, 1.54) is 29.6 Å². The van der Waals surface area contributed by atoms with Crippen LogP contribution in [0.4, 0.5) is 5.69 Å². The van der Waals surface area contributed by atoms with Crippen molar-refractivity contribution in [3.8, 4) is 0 Å². The Morgan fingerprint density at radius 3 is 2.72 bits per heavy atom. The standard InChI is InChI=1S/C11H9N5O2/c17-16(18)11-6-2-1-4-10(11)5-3-7-14-15-8-12-13-9-15/h1-9H/b5-3?,14-7+. The molecule has 1 aromatic carbocycles. The third-order valence-corrected chi connectivity index (χ3v) is 2.10. The first kappa shape index (κ1) is 11.6. The molecule has 0 saturated carbocycles. The van der Waals surface area contributed by atoms with Crippen LogP contribution < -0.4 is 0 Å².